The van der Waals surface area contributed by atoms with Crippen molar-refractivity contribution in [2.24, 2.45) is 0 Å². The van der Waals surface area contributed by atoms with E-state index in [4.69, 9.17) is 0 Å². The Labute approximate surface area is 145 Å². The van der Waals surface area contributed by atoms with Crippen molar-refractivity contribution in [1.29, 1.82) is 0 Å². The number of hydrogen-bond acceptors (Lipinski definition) is 6. The largest absolute Gasteiger partial charge is 0.507 e. The molecule has 2 rings (SSSR count). The molecular formula is C19H22O6. The monoisotopic (exact) mass is 346 g/mol. The Morgan fingerprint density at radius 1 is 0.800 bits per heavy atom. The van der Waals surface area contributed by atoms with Crippen molar-refractivity contribution >= 4 is 6.29 Å². The van der Waals surface area contributed by atoms with Crippen LogP contribution in [-0.4, -0.2) is 31.8 Å². The molecule has 0 radical (unpaired) electrons. The predicted molar refractivity (Wildman–Crippen MR) is 91.5 cm³/mol. The van der Waals surface area contributed by atoms with Gasteiger partial charge in [0.2, 0.25) is 0 Å². The predicted octanol–water partition coefficient (Wildman–Crippen LogP) is 1.71. The second kappa shape index (κ2) is 7.23. The molecule has 0 atom stereocenters. The first kappa shape index (κ1) is 18.9. The zero-order chi connectivity index (χ0) is 18.8. The minimum Gasteiger partial charge on any atom is -0.507 e. The molecule has 134 valence electrons. The van der Waals surface area contributed by atoms with E-state index in [2.05, 4.69) is 0 Å². The smallest absolute Gasteiger partial charge is 0.153 e. The third-order valence-electron chi connectivity index (χ3n) is 4.57. The standard InChI is InChI=1S/C19H22O6/c1-19(2,15-3-11(7-20)17(24)12(4-15)8-21)16-5-13(9-22)18(25)14(6-16)10-23/h3-7,21-25H,8-10H2,1-2H3. The molecule has 5 N–H and O–H groups in total. The van der Waals surface area contributed by atoms with E-state index in [1.54, 1.807) is 18.2 Å². The minimum atomic E-state index is -0.684. The molecule has 2 aromatic carbocycles. The van der Waals surface area contributed by atoms with Gasteiger partial charge in [0.25, 0.3) is 0 Å². The fraction of sp³-hybridized carbons (Fsp3) is 0.316. The van der Waals surface area contributed by atoms with Crippen molar-refractivity contribution in [3.8, 4) is 11.5 Å². The molecule has 0 aliphatic carbocycles. The summed E-state index contributed by atoms with van der Waals surface area (Å²) in [6.07, 6.45) is 0.517. The highest BCUT2D eigenvalue weighted by molar-refractivity contribution is 5.80. The van der Waals surface area contributed by atoms with Crippen molar-refractivity contribution in [3.05, 3.63) is 57.6 Å². The fourth-order valence-electron chi connectivity index (χ4n) is 2.82. The van der Waals surface area contributed by atoms with Gasteiger partial charge in [0.15, 0.2) is 6.29 Å². The van der Waals surface area contributed by atoms with Crippen molar-refractivity contribution in [3.63, 3.8) is 0 Å². The van der Waals surface area contributed by atoms with E-state index in [-0.39, 0.29) is 47.0 Å². The van der Waals surface area contributed by atoms with Crippen LogP contribution >= 0.6 is 0 Å². The van der Waals surface area contributed by atoms with Crippen LogP contribution < -0.4 is 0 Å². The van der Waals surface area contributed by atoms with Crippen molar-refractivity contribution in [1.82, 2.24) is 0 Å². The van der Waals surface area contributed by atoms with Crippen LogP contribution in [0.3, 0.4) is 0 Å². The zero-order valence-electron chi connectivity index (χ0n) is 14.2. The Hall–Kier alpha value is -2.41. The van der Waals surface area contributed by atoms with E-state index in [1.807, 2.05) is 13.8 Å². The van der Waals surface area contributed by atoms with Gasteiger partial charge in [0.05, 0.1) is 25.4 Å². The van der Waals surface area contributed by atoms with Crippen molar-refractivity contribution in [2.45, 2.75) is 39.1 Å². The molecule has 25 heavy (non-hydrogen) atoms. The van der Waals surface area contributed by atoms with Gasteiger partial charge in [-0.2, -0.15) is 0 Å². The lowest BCUT2D eigenvalue weighted by atomic mass is 9.76. The third-order valence-corrected chi connectivity index (χ3v) is 4.57. The summed E-state index contributed by atoms with van der Waals surface area (Å²) >= 11 is 0. The van der Waals surface area contributed by atoms with Crippen LogP contribution in [-0.2, 0) is 25.2 Å². The summed E-state index contributed by atoms with van der Waals surface area (Å²) < 4.78 is 0. The fourth-order valence-corrected chi connectivity index (χ4v) is 2.82. The summed E-state index contributed by atoms with van der Waals surface area (Å²) in [4.78, 5) is 11.2. The van der Waals surface area contributed by atoms with Gasteiger partial charge in [-0.05, 0) is 35.4 Å². The summed E-state index contributed by atoms with van der Waals surface area (Å²) in [5.41, 5.74) is 1.55. The molecule has 6 heteroatoms. The van der Waals surface area contributed by atoms with E-state index in [0.29, 0.717) is 17.4 Å². The number of rotatable bonds is 6. The Kier molecular flexibility index (Phi) is 5.47. The van der Waals surface area contributed by atoms with Gasteiger partial charge in [-0.3, -0.25) is 4.79 Å². The number of carbonyl (C=O) groups excluding carboxylic acids is 1. The van der Waals surface area contributed by atoms with Gasteiger partial charge in [0, 0.05) is 22.1 Å². The Balaban J connectivity index is 2.68. The Morgan fingerprint density at radius 3 is 1.60 bits per heavy atom. The molecule has 0 saturated heterocycles. The first-order chi connectivity index (χ1) is 11.8. The summed E-state index contributed by atoms with van der Waals surface area (Å²) in [6.45, 7) is 2.53. The minimum absolute atomic E-state index is 0.0677. The third kappa shape index (κ3) is 3.37. The maximum atomic E-state index is 11.2. The zero-order valence-corrected chi connectivity index (χ0v) is 14.2. The number of benzene rings is 2. The summed E-state index contributed by atoms with van der Waals surface area (Å²) in [5.74, 6) is -0.408. The second-order valence-electron chi connectivity index (χ2n) is 6.43. The Bertz CT molecular complexity index is 770. The summed E-state index contributed by atoms with van der Waals surface area (Å²) in [7, 11) is 0. The molecule has 0 unspecified atom stereocenters. The molecule has 6 nitrogen and oxygen atoms in total. The highest BCUT2D eigenvalue weighted by Gasteiger charge is 2.27. The van der Waals surface area contributed by atoms with Crippen LogP contribution in [0.15, 0.2) is 24.3 Å². The number of hydrogen-bond donors (Lipinski definition) is 5. The lowest BCUT2D eigenvalue weighted by Crippen LogP contribution is -2.20. The van der Waals surface area contributed by atoms with Gasteiger partial charge < -0.3 is 25.5 Å². The average molecular weight is 346 g/mol. The van der Waals surface area contributed by atoms with E-state index < -0.39 is 12.0 Å². The molecule has 0 bridgehead atoms. The maximum absolute atomic E-state index is 11.2. The number of aromatic hydroxyl groups is 2. The number of aliphatic hydroxyl groups excluding tert-OH is 3. The van der Waals surface area contributed by atoms with Crippen molar-refractivity contribution in [2.75, 3.05) is 0 Å². The molecule has 0 spiro atoms. The molecule has 0 heterocycles. The van der Waals surface area contributed by atoms with Crippen LogP contribution in [0.1, 0.15) is 52.0 Å². The number of carbonyl (C=O) groups is 1. The number of aliphatic hydroxyl groups is 3. The highest BCUT2D eigenvalue weighted by Crippen LogP contribution is 2.38. The quantitative estimate of drug-likeness (QED) is 0.508. The normalized spacial score (nSPS) is 11.6. The van der Waals surface area contributed by atoms with E-state index in [9.17, 15) is 30.3 Å². The molecule has 0 aromatic heterocycles. The molecule has 0 aliphatic rings. The lowest BCUT2D eigenvalue weighted by molar-refractivity contribution is 0.112. The molecule has 0 saturated carbocycles. The second-order valence-corrected chi connectivity index (χ2v) is 6.43. The molecule has 0 amide bonds. The van der Waals surface area contributed by atoms with Crippen molar-refractivity contribution < 1.29 is 30.3 Å². The molecular weight excluding hydrogens is 324 g/mol. The highest BCUT2D eigenvalue weighted by atomic mass is 16.3. The van der Waals surface area contributed by atoms with Crippen LogP contribution in [0.25, 0.3) is 0 Å². The van der Waals surface area contributed by atoms with E-state index in [0.717, 1.165) is 0 Å². The maximum Gasteiger partial charge on any atom is 0.153 e. The number of aldehydes is 1. The first-order valence-electron chi connectivity index (χ1n) is 7.79. The van der Waals surface area contributed by atoms with Crippen LogP contribution in [0.5, 0.6) is 11.5 Å². The van der Waals surface area contributed by atoms with Crippen LogP contribution in [0.2, 0.25) is 0 Å². The van der Waals surface area contributed by atoms with E-state index in [1.165, 1.54) is 6.07 Å². The topological polar surface area (TPSA) is 118 Å². The SMILES string of the molecule is CC(C)(c1cc(C=O)c(O)c(CO)c1)c1cc(CO)c(O)c(CO)c1. The lowest BCUT2D eigenvalue weighted by Gasteiger charge is -2.28. The van der Waals surface area contributed by atoms with E-state index >= 15 is 0 Å². The molecule has 2 aromatic rings. The average Bonchev–Trinajstić information content (AvgIpc) is 2.61. The van der Waals surface area contributed by atoms with Gasteiger partial charge in [-0.25, -0.2) is 0 Å². The summed E-state index contributed by atoms with van der Waals surface area (Å²) in [5, 5.41) is 48.3. The van der Waals surface area contributed by atoms with Gasteiger partial charge in [-0.1, -0.05) is 13.8 Å². The Morgan fingerprint density at radius 2 is 1.20 bits per heavy atom. The van der Waals surface area contributed by atoms with Gasteiger partial charge >= 0.3 is 0 Å². The molecule has 0 aliphatic heterocycles. The van der Waals surface area contributed by atoms with Crippen LogP contribution in [0, 0.1) is 0 Å². The molecule has 0 fully saturated rings. The van der Waals surface area contributed by atoms with Crippen LogP contribution in [0.4, 0.5) is 0 Å². The number of phenols is 2. The van der Waals surface area contributed by atoms with Gasteiger partial charge in [0.1, 0.15) is 11.5 Å². The first-order valence-corrected chi connectivity index (χ1v) is 7.79. The summed E-state index contributed by atoms with van der Waals surface area (Å²) in [6, 6.07) is 6.39. The van der Waals surface area contributed by atoms with Gasteiger partial charge in [-0.15, -0.1) is 0 Å².